The van der Waals surface area contributed by atoms with Crippen LogP contribution in [0.5, 0.6) is 0 Å². The van der Waals surface area contributed by atoms with Gasteiger partial charge in [0.1, 0.15) is 0 Å². The summed E-state index contributed by atoms with van der Waals surface area (Å²) in [6.07, 6.45) is -4.69. The van der Waals surface area contributed by atoms with Crippen molar-refractivity contribution in [3.63, 3.8) is 0 Å². The number of esters is 4. The fraction of sp³-hybridized carbons (Fsp3) is 0.421. The monoisotopic (exact) mass is 448 g/mol. The Balaban J connectivity index is 3.68. The van der Waals surface area contributed by atoms with Gasteiger partial charge in [-0.25, -0.2) is 0 Å². The number of ketones is 1. The van der Waals surface area contributed by atoms with Crippen molar-refractivity contribution >= 4 is 29.7 Å². The van der Waals surface area contributed by atoms with E-state index in [0.29, 0.717) is 12.1 Å². The summed E-state index contributed by atoms with van der Waals surface area (Å²) in [6.45, 7) is 0. The maximum Gasteiger partial charge on any atom is 0.416 e. The van der Waals surface area contributed by atoms with Crippen LogP contribution in [0.1, 0.15) is 15.9 Å². The third-order valence-corrected chi connectivity index (χ3v) is 4.34. The molecule has 0 aromatic heterocycles. The first kappa shape index (κ1) is 25.6. The van der Waals surface area contributed by atoms with Gasteiger partial charge in [-0.3, -0.25) is 24.0 Å². The summed E-state index contributed by atoms with van der Waals surface area (Å²) in [4.78, 5) is 62.3. The van der Waals surface area contributed by atoms with Crippen molar-refractivity contribution in [2.75, 3.05) is 28.4 Å². The molecule has 12 heteroatoms. The van der Waals surface area contributed by atoms with Gasteiger partial charge < -0.3 is 18.9 Å². The average Bonchev–Trinajstić information content (AvgIpc) is 2.76. The number of benzene rings is 1. The fourth-order valence-corrected chi connectivity index (χ4v) is 2.80. The van der Waals surface area contributed by atoms with Crippen LogP contribution in [0, 0.1) is 17.8 Å². The Kier molecular flexibility index (Phi) is 8.71. The Bertz CT molecular complexity index is 778. The van der Waals surface area contributed by atoms with Gasteiger partial charge in [0.2, 0.25) is 0 Å². The number of ether oxygens (including phenoxy) is 4. The number of alkyl halides is 3. The van der Waals surface area contributed by atoms with E-state index in [4.69, 9.17) is 0 Å². The van der Waals surface area contributed by atoms with E-state index < -0.39 is 64.7 Å². The van der Waals surface area contributed by atoms with E-state index in [1.165, 1.54) is 0 Å². The van der Waals surface area contributed by atoms with Crippen LogP contribution < -0.4 is 0 Å². The molecular weight excluding hydrogens is 429 g/mol. The minimum Gasteiger partial charge on any atom is -0.468 e. The van der Waals surface area contributed by atoms with Crippen LogP contribution >= 0.6 is 0 Å². The number of Topliss-reactive ketones (excluding diaryl/α,β-unsaturated/α-hetero) is 1. The van der Waals surface area contributed by atoms with Crippen molar-refractivity contribution in [3.8, 4) is 0 Å². The van der Waals surface area contributed by atoms with Crippen molar-refractivity contribution in [1.82, 2.24) is 0 Å². The minimum atomic E-state index is -4.69. The van der Waals surface area contributed by atoms with Crippen LogP contribution in [-0.4, -0.2) is 58.1 Å². The Morgan fingerprint density at radius 3 is 1.26 bits per heavy atom. The van der Waals surface area contributed by atoms with E-state index in [0.717, 1.165) is 40.6 Å². The van der Waals surface area contributed by atoms with Crippen molar-refractivity contribution in [3.05, 3.63) is 35.4 Å². The normalized spacial score (nSPS) is 11.3. The zero-order chi connectivity index (χ0) is 23.9. The van der Waals surface area contributed by atoms with Gasteiger partial charge in [-0.1, -0.05) is 12.1 Å². The highest BCUT2D eigenvalue weighted by molar-refractivity contribution is 6.11. The molecule has 0 radical (unpaired) electrons. The molecule has 1 rings (SSSR count). The number of rotatable bonds is 8. The largest absolute Gasteiger partial charge is 0.468 e. The zero-order valence-corrected chi connectivity index (χ0v) is 16.8. The molecule has 0 aliphatic heterocycles. The summed E-state index contributed by atoms with van der Waals surface area (Å²) in [6, 6.07) is 2.71. The third kappa shape index (κ3) is 5.80. The summed E-state index contributed by atoms with van der Waals surface area (Å²) < 4.78 is 56.4. The van der Waals surface area contributed by atoms with Crippen molar-refractivity contribution in [2.45, 2.75) is 6.18 Å². The molecule has 0 atom stereocenters. The second kappa shape index (κ2) is 10.5. The van der Waals surface area contributed by atoms with Crippen molar-refractivity contribution < 1.29 is 56.1 Å². The first-order valence-electron chi connectivity index (χ1n) is 8.47. The number of hydrogen-bond donors (Lipinski definition) is 0. The van der Waals surface area contributed by atoms with Gasteiger partial charge in [-0.15, -0.1) is 0 Å². The Morgan fingerprint density at radius 1 is 0.677 bits per heavy atom. The van der Waals surface area contributed by atoms with Gasteiger partial charge in [0.15, 0.2) is 17.6 Å². The number of methoxy groups -OCH3 is 4. The van der Waals surface area contributed by atoms with E-state index in [2.05, 4.69) is 18.9 Å². The summed E-state index contributed by atoms with van der Waals surface area (Å²) in [7, 11) is 3.51. The zero-order valence-electron chi connectivity index (χ0n) is 16.8. The van der Waals surface area contributed by atoms with Crippen LogP contribution in [0.2, 0.25) is 0 Å². The molecule has 170 valence electrons. The van der Waals surface area contributed by atoms with Crippen molar-refractivity contribution in [2.24, 2.45) is 17.8 Å². The van der Waals surface area contributed by atoms with E-state index in [1.807, 2.05) is 0 Å². The molecule has 1 aromatic carbocycles. The molecule has 0 amide bonds. The Labute approximate surface area is 174 Å². The highest BCUT2D eigenvalue weighted by Gasteiger charge is 2.52. The number of carbonyl (C=O) groups is 5. The number of halogens is 3. The smallest absolute Gasteiger partial charge is 0.416 e. The molecule has 31 heavy (non-hydrogen) atoms. The summed E-state index contributed by atoms with van der Waals surface area (Å²) in [5, 5.41) is 0. The first-order chi connectivity index (χ1) is 14.4. The molecule has 0 aliphatic rings. The lowest BCUT2D eigenvalue weighted by atomic mass is 9.76. The molecule has 0 aliphatic carbocycles. The molecule has 0 heterocycles. The number of carbonyl (C=O) groups excluding carboxylic acids is 5. The molecule has 0 unspecified atom stereocenters. The lowest BCUT2D eigenvalue weighted by Crippen LogP contribution is -2.47. The van der Waals surface area contributed by atoms with Gasteiger partial charge in [0, 0.05) is 5.56 Å². The van der Waals surface area contributed by atoms with Crippen LogP contribution in [0.15, 0.2) is 24.3 Å². The minimum absolute atomic E-state index is 0.423. The number of hydrogen-bond acceptors (Lipinski definition) is 9. The van der Waals surface area contributed by atoms with E-state index in [1.54, 1.807) is 0 Å². The predicted octanol–water partition coefficient (Wildman–Crippen LogP) is 1.43. The Morgan fingerprint density at radius 2 is 1.00 bits per heavy atom. The molecule has 0 N–H and O–H groups in total. The molecule has 0 bridgehead atoms. The second-order valence-electron chi connectivity index (χ2n) is 6.01. The Hall–Kier alpha value is -3.44. The lowest BCUT2D eigenvalue weighted by molar-refractivity contribution is -0.167. The first-order valence-corrected chi connectivity index (χ1v) is 8.47. The summed E-state index contributed by atoms with van der Waals surface area (Å²) >= 11 is 0. The second-order valence-corrected chi connectivity index (χ2v) is 6.01. The summed E-state index contributed by atoms with van der Waals surface area (Å²) in [5.74, 6) is -12.8. The molecule has 0 saturated heterocycles. The van der Waals surface area contributed by atoms with E-state index >= 15 is 0 Å². The third-order valence-electron chi connectivity index (χ3n) is 4.34. The molecule has 0 fully saturated rings. The molecule has 1 aromatic rings. The van der Waals surface area contributed by atoms with E-state index in [9.17, 15) is 37.1 Å². The maximum absolute atomic E-state index is 13.2. The molecule has 0 spiro atoms. The van der Waals surface area contributed by atoms with Gasteiger partial charge in [0.25, 0.3) is 0 Å². The van der Waals surface area contributed by atoms with Crippen LogP contribution in [0.3, 0.4) is 0 Å². The SMILES string of the molecule is COC(=O)C(C(=O)OC)C(C(=O)c1ccc(C(F)(F)F)cc1)C(C(=O)OC)C(=O)OC. The van der Waals surface area contributed by atoms with E-state index in [-0.39, 0.29) is 0 Å². The highest BCUT2D eigenvalue weighted by atomic mass is 19.4. The van der Waals surface area contributed by atoms with Gasteiger partial charge in [-0.05, 0) is 12.1 Å². The summed E-state index contributed by atoms with van der Waals surface area (Å²) in [5.41, 5.74) is -1.50. The average molecular weight is 448 g/mol. The highest BCUT2D eigenvalue weighted by Crippen LogP contribution is 2.32. The fourth-order valence-electron chi connectivity index (χ4n) is 2.80. The van der Waals surface area contributed by atoms with Gasteiger partial charge >= 0.3 is 30.1 Å². The predicted molar refractivity (Wildman–Crippen MR) is 94.3 cm³/mol. The molecular formula is C19H19F3O9. The quantitative estimate of drug-likeness (QED) is 0.252. The van der Waals surface area contributed by atoms with Gasteiger partial charge in [0.05, 0.1) is 39.9 Å². The standard InChI is InChI=1S/C19H19F3O9/c1-28-15(24)12(16(25)29-2)11(13(17(26)30-3)18(27)31-4)14(23)9-5-7-10(8-6-9)19(20,21)22/h5-8,11-13H,1-4H3. The van der Waals surface area contributed by atoms with Crippen LogP contribution in [-0.2, 0) is 44.3 Å². The van der Waals surface area contributed by atoms with Gasteiger partial charge in [-0.2, -0.15) is 13.2 Å². The van der Waals surface area contributed by atoms with Crippen LogP contribution in [0.25, 0.3) is 0 Å². The molecule has 0 saturated carbocycles. The van der Waals surface area contributed by atoms with Crippen molar-refractivity contribution in [1.29, 1.82) is 0 Å². The lowest BCUT2D eigenvalue weighted by Gasteiger charge is -2.27. The molecule has 9 nitrogen and oxygen atoms in total. The maximum atomic E-state index is 13.2. The van der Waals surface area contributed by atoms with Crippen LogP contribution in [0.4, 0.5) is 13.2 Å². The topological polar surface area (TPSA) is 122 Å².